The van der Waals surface area contributed by atoms with Crippen molar-refractivity contribution in [3.63, 3.8) is 0 Å². The molecule has 0 aliphatic heterocycles. The number of carbonyl (C=O) groups is 1. The molecule has 2 unspecified atom stereocenters. The van der Waals surface area contributed by atoms with Crippen molar-refractivity contribution in [2.75, 3.05) is 5.32 Å². The second-order valence-electron chi connectivity index (χ2n) is 4.21. The standard InChI is InChI=1S/C11H14ClN3O/c1-7-3-2-4-8(7)10(16)15-11-13-6-5-9(12)14-11/h5-8H,2-4H2,1H3,(H,13,14,15,16). The van der Waals surface area contributed by atoms with Crippen LogP contribution in [0.5, 0.6) is 0 Å². The maximum Gasteiger partial charge on any atom is 0.230 e. The molecule has 1 amide bonds. The van der Waals surface area contributed by atoms with E-state index in [-0.39, 0.29) is 17.8 Å². The fraction of sp³-hybridized carbons (Fsp3) is 0.545. The molecule has 1 aliphatic carbocycles. The molecular formula is C11H14ClN3O. The topological polar surface area (TPSA) is 54.9 Å². The third-order valence-corrected chi connectivity index (χ3v) is 3.27. The first-order valence-electron chi connectivity index (χ1n) is 5.46. The predicted molar refractivity (Wildman–Crippen MR) is 62.2 cm³/mol. The number of aromatic nitrogens is 2. The Bertz CT molecular complexity index is 397. The lowest BCUT2D eigenvalue weighted by molar-refractivity contribution is -0.120. The van der Waals surface area contributed by atoms with Crippen molar-refractivity contribution >= 4 is 23.5 Å². The maximum atomic E-state index is 11.9. The van der Waals surface area contributed by atoms with Gasteiger partial charge in [-0.25, -0.2) is 9.97 Å². The third kappa shape index (κ3) is 2.50. The summed E-state index contributed by atoms with van der Waals surface area (Å²) in [6.45, 7) is 2.11. The number of anilines is 1. The first kappa shape index (κ1) is 11.3. The highest BCUT2D eigenvalue weighted by molar-refractivity contribution is 6.29. The fourth-order valence-corrected chi connectivity index (χ4v) is 2.27. The predicted octanol–water partition coefficient (Wildman–Crippen LogP) is 2.50. The van der Waals surface area contributed by atoms with Gasteiger partial charge in [-0.3, -0.25) is 10.1 Å². The van der Waals surface area contributed by atoms with Crippen molar-refractivity contribution in [3.05, 3.63) is 17.4 Å². The number of nitrogens with one attached hydrogen (secondary N) is 1. The Hall–Kier alpha value is -1.16. The van der Waals surface area contributed by atoms with Crippen molar-refractivity contribution in [1.82, 2.24) is 9.97 Å². The van der Waals surface area contributed by atoms with E-state index >= 15 is 0 Å². The van der Waals surface area contributed by atoms with Gasteiger partial charge in [-0.05, 0) is 24.8 Å². The van der Waals surface area contributed by atoms with Gasteiger partial charge < -0.3 is 0 Å². The molecule has 1 aliphatic rings. The lowest BCUT2D eigenvalue weighted by atomic mass is 9.97. The smallest absolute Gasteiger partial charge is 0.230 e. The molecule has 0 saturated heterocycles. The van der Waals surface area contributed by atoms with Gasteiger partial charge in [0, 0.05) is 12.1 Å². The summed E-state index contributed by atoms with van der Waals surface area (Å²) in [5.74, 6) is 0.825. The van der Waals surface area contributed by atoms with Crippen LogP contribution in [0.4, 0.5) is 5.95 Å². The molecule has 1 aromatic heterocycles. The van der Waals surface area contributed by atoms with Crippen LogP contribution in [-0.2, 0) is 4.79 Å². The molecule has 86 valence electrons. The van der Waals surface area contributed by atoms with Crippen LogP contribution in [0.2, 0.25) is 5.15 Å². The summed E-state index contributed by atoms with van der Waals surface area (Å²) in [5.41, 5.74) is 0. The SMILES string of the molecule is CC1CCCC1C(=O)Nc1nccc(Cl)n1. The van der Waals surface area contributed by atoms with Gasteiger partial charge in [0.15, 0.2) is 0 Å². The molecule has 5 heteroatoms. The van der Waals surface area contributed by atoms with Gasteiger partial charge in [0.2, 0.25) is 11.9 Å². The number of hydrogen-bond acceptors (Lipinski definition) is 3. The Morgan fingerprint density at radius 1 is 1.56 bits per heavy atom. The molecule has 1 aromatic rings. The molecule has 2 rings (SSSR count). The van der Waals surface area contributed by atoms with Crippen LogP contribution in [0.15, 0.2) is 12.3 Å². The largest absolute Gasteiger partial charge is 0.294 e. The van der Waals surface area contributed by atoms with Crippen LogP contribution in [0, 0.1) is 11.8 Å². The average Bonchev–Trinajstić information content (AvgIpc) is 2.64. The van der Waals surface area contributed by atoms with Crippen LogP contribution in [0.25, 0.3) is 0 Å². The molecule has 2 atom stereocenters. The van der Waals surface area contributed by atoms with Gasteiger partial charge in [-0.15, -0.1) is 0 Å². The van der Waals surface area contributed by atoms with Crippen molar-refractivity contribution in [1.29, 1.82) is 0 Å². The quantitative estimate of drug-likeness (QED) is 0.807. The van der Waals surface area contributed by atoms with Gasteiger partial charge in [-0.1, -0.05) is 24.9 Å². The minimum atomic E-state index is 0.00673. The first-order chi connectivity index (χ1) is 7.66. The number of amides is 1. The average molecular weight is 240 g/mol. The van der Waals surface area contributed by atoms with Crippen LogP contribution in [0.3, 0.4) is 0 Å². The van der Waals surface area contributed by atoms with Gasteiger partial charge in [0.25, 0.3) is 0 Å². The molecule has 1 N–H and O–H groups in total. The van der Waals surface area contributed by atoms with Crippen molar-refractivity contribution in [2.45, 2.75) is 26.2 Å². The second kappa shape index (κ2) is 4.78. The molecule has 0 aromatic carbocycles. The van der Waals surface area contributed by atoms with E-state index in [1.54, 1.807) is 6.07 Å². The Morgan fingerprint density at radius 2 is 2.38 bits per heavy atom. The zero-order valence-corrected chi connectivity index (χ0v) is 9.87. The van der Waals surface area contributed by atoms with Gasteiger partial charge >= 0.3 is 0 Å². The van der Waals surface area contributed by atoms with Crippen LogP contribution >= 0.6 is 11.6 Å². The third-order valence-electron chi connectivity index (χ3n) is 3.05. The minimum Gasteiger partial charge on any atom is -0.294 e. The van der Waals surface area contributed by atoms with Crippen molar-refractivity contribution < 1.29 is 4.79 Å². The van der Waals surface area contributed by atoms with Gasteiger partial charge in [0.05, 0.1) is 0 Å². The Kier molecular flexibility index (Phi) is 3.39. The minimum absolute atomic E-state index is 0.00673. The summed E-state index contributed by atoms with van der Waals surface area (Å²) < 4.78 is 0. The lowest BCUT2D eigenvalue weighted by Gasteiger charge is -2.13. The van der Waals surface area contributed by atoms with E-state index in [2.05, 4.69) is 22.2 Å². The molecule has 4 nitrogen and oxygen atoms in total. The zero-order valence-electron chi connectivity index (χ0n) is 9.11. The molecule has 1 saturated carbocycles. The van der Waals surface area contributed by atoms with Crippen molar-refractivity contribution in [2.24, 2.45) is 11.8 Å². The Morgan fingerprint density at radius 3 is 3.00 bits per heavy atom. The summed E-state index contributed by atoms with van der Waals surface area (Å²) in [6.07, 6.45) is 4.72. The molecule has 0 radical (unpaired) electrons. The number of halogens is 1. The first-order valence-corrected chi connectivity index (χ1v) is 5.84. The molecule has 0 bridgehead atoms. The van der Waals surface area contributed by atoms with E-state index < -0.39 is 0 Å². The molecule has 0 spiro atoms. The number of rotatable bonds is 2. The lowest BCUT2D eigenvalue weighted by Crippen LogP contribution is -2.25. The summed E-state index contributed by atoms with van der Waals surface area (Å²) in [6, 6.07) is 1.58. The molecule has 1 fully saturated rings. The monoisotopic (exact) mass is 239 g/mol. The molecular weight excluding hydrogens is 226 g/mol. The normalized spacial score (nSPS) is 24.4. The van der Waals surface area contributed by atoms with E-state index in [4.69, 9.17) is 11.6 Å². The molecule has 1 heterocycles. The highest BCUT2D eigenvalue weighted by Gasteiger charge is 2.29. The Balaban J connectivity index is 2.02. The van der Waals surface area contributed by atoms with E-state index in [9.17, 15) is 4.79 Å². The molecule has 16 heavy (non-hydrogen) atoms. The van der Waals surface area contributed by atoms with Crippen LogP contribution in [0.1, 0.15) is 26.2 Å². The van der Waals surface area contributed by atoms with E-state index in [0.29, 0.717) is 11.1 Å². The van der Waals surface area contributed by atoms with E-state index in [0.717, 1.165) is 19.3 Å². The van der Waals surface area contributed by atoms with Crippen molar-refractivity contribution in [3.8, 4) is 0 Å². The van der Waals surface area contributed by atoms with E-state index in [1.807, 2.05) is 0 Å². The zero-order chi connectivity index (χ0) is 11.5. The highest BCUT2D eigenvalue weighted by Crippen LogP contribution is 2.31. The summed E-state index contributed by atoms with van der Waals surface area (Å²) in [4.78, 5) is 19.8. The summed E-state index contributed by atoms with van der Waals surface area (Å²) in [7, 11) is 0. The van der Waals surface area contributed by atoms with E-state index in [1.165, 1.54) is 6.20 Å². The highest BCUT2D eigenvalue weighted by atomic mass is 35.5. The van der Waals surface area contributed by atoms with Gasteiger partial charge in [0.1, 0.15) is 5.15 Å². The second-order valence-corrected chi connectivity index (χ2v) is 4.59. The number of hydrogen-bond donors (Lipinski definition) is 1. The van der Waals surface area contributed by atoms with Crippen LogP contribution in [-0.4, -0.2) is 15.9 Å². The maximum absolute atomic E-state index is 11.9. The van der Waals surface area contributed by atoms with Gasteiger partial charge in [-0.2, -0.15) is 0 Å². The summed E-state index contributed by atoms with van der Waals surface area (Å²) in [5, 5.41) is 3.05. The number of carbonyl (C=O) groups excluding carboxylic acids is 1. The van der Waals surface area contributed by atoms with Crippen LogP contribution < -0.4 is 5.32 Å². The Labute approximate surface area is 99.4 Å². The number of nitrogens with zero attached hydrogens (tertiary/aromatic N) is 2. The summed E-state index contributed by atoms with van der Waals surface area (Å²) >= 11 is 5.71. The fourth-order valence-electron chi connectivity index (χ4n) is 2.13.